The average molecular weight is 215 g/mol. The first-order chi connectivity index (χ1) is 6.70. The van der Waals surface area contributed by atoms with Gasteiger partial charge in [-0.25, -0.2) is 0 Å². The molecule has 0 radical (unpaired) electrons. The van der Waals surface area contributed by atoms with Crippen LogP contribution in [-0.2, 0) is 9.59 Å². The van der Waals surface area contributed by atoms with Gasteiger partial charge in [0.15, 0.2) is 0 Å². The third-order valence-electron chi connectivity index (χ3n) is 1.93. The number of carbonyl (C=O) groups is 2. The molecule has 1 heterocycles. The third-order valence-corrected chi connectivity index (χ3v) is 1.93. The molecule has 1 aliphatic heterocycles. The van der Waals surface area contributed by atoms with E-state index in [1.807, 2.05) is 0 Å². The molecular weight excluding hydrogens is 208 g/mol. The first-order valence-electron chi connectivity index (χ1n) is 3.69. The Bertz CT molecular complexity index is 358. The van der Waals surface area contributed by atoms with Crippen molar-refractivity contribution in [1.29, 1.82) is 5.41 Å². The van der Waals surface area contributed by atoms with Gasteiger partial charge in [-0.05, 0) is 6.08 Å². The molecule has 3 N–H and O–H groups in total. The van der Waals surface area contributed by atoms with Crippen LogP contribution in [0.15, 0.2) is 23.8 Å². The predicted molar refractivity (Wildman–Crippen MR) is 49.7 cm³/mol. The van der Waals surface area contributed by atoms with Crippen LogP contribution in [0.2, 0.25) is 0 Å². The van der Waals surface area contributed by atoms with Gasteiger partial charge in [0.2, 0.25) is 5.91 Å². The highest BCUT2D eigenvalue weighted by molar-refractivity contribution is 6.26. The summed E-state index contributed by atoms with van der Waals surface area (Å²) in [5.41, 5.74) is 0.559. The maximum Gasteiger partial charge on any atom is 0.255 e. The van der Waals surface area contributed by atoms with Gasteiger partial charge in [-0.15, -0.1) is 0 Å². The number of carbonyl (C=O) groups excluding carboxylic acids is 2. The average Bonchev–Trinajstić information content (AvgIpc) is 2.47. The van der Waals surface area contributed by atoms with Crippen molar-refractivity contribution in [3.8, 4) is 0 Å². The molecule has 2 amide bonds. The van der Waals surface area contributed by atoms with Crippen LogP contribution in [0.3, 0.4) is 0 Å². The number of nitrogens with one attached hydrogen (secondary N) is 2. The van der Waals surface area contributed by atoms with Crippen molar-refractivity contribution in [3.63, 3.8) is 0 Å². The van der Waals surface area contributed by atoms with Crippen LogP contribution in [0.1, 0.15) is 0 Å². The van der Waals surface area contributed by atoms with Crippen LogP contribution in [0.5, 0.6) is 0 Å². The van der Waals surface area contributed by atoms with Crippen molar-refractivity contribution in [1.82, 2.24) is 5.32 Å². The zero-order chi connectivity index (χ0) is 10.7. The van der Waals surface area contributed by atoms with E-state index in [4.69, 9.17) is 10.1 Å². The second-order valence-corrected chi connectivity index (χ2v) is 2.69. The number of hydrogen-bond donors (Lipinski definition) is 3. The summed E-state index contributed by atoms with van der Waals surface area (Å²) in [6, 6.07) is 0. The summed E-state index contributed by atoms with van der Waals surface area (Å²) in [4.78, 5) is 22.1. The van der Waals surface area contributed by atoms with Gasteiger partial charge in [0.05, 0.1) is 11.9 Å². The van der Waals surface area contributed by atoms with Crippen molar-refractivity contribution in [2.45, 2.75) is 0 Å². The lowest BCUT2D eigenvalue weighted by atomic mass is 9.92. The van der Waals surface area contributed by atoms with Crippen molar-refractivity contribution < 1.29 is 14.2 Å². The second-order valence-electron chi connectivity index (χ2n) is 2.69. The number of fused-ring (bicyclic) bond motifs is 1. The van der Waals surface area contributed by atoms with Crippen LogP contribution in [0.4, 0.5) is 0 Å². The van der Waals surface area contributed by atoms with Gasteiger partial charge >= 0.3 is 0 Å². The Balaban J connectivity index is 0.000000461. The van der Waals surface area contributed by atoms with Crippen LogP contribution >= 0.6 is 11.9 Å². The molecule has 74 valence electrons. The molecule has 0 aromatic heterocycles. The second kappa shape index (κ2) is 4.17. The van der Waals surface area contributed by atoms with Crippen LogP contribution < -0.4 is 5.32 Å². The van der Waals surface area contributed by atoms with E-state index < -0.39 is 5.92 Å². The first kappa shape index (κ1) is 10.6. The van der Waals surface area contributed by atoms with E-state index in [-0.39, 0.29) is 17.5 Å². The highest BCUT2D eigenvalue weighted by Gasteiger charge is 2.38. The van der Waals surface area contributed by atoms with Gasteiger partial charge in [0.25, 0.3) is 5.91 Å². The molecule has 1 fully saturated rings. The molecule has 2 rings (SSSR count). The molecular formula is C8H7ClN2O3. The molecule has 1 saturated heterocycles. The number of halogens is 1. The van der Waals surface area contributed by atoms with Crippen LogP contribution in [-0.4, -0.2) is 22.2 Å². The summed E-state index contributed by atoms with van der Waals surface area (Å²) in [5.74, 6) is -1.43. The molecule has 0 saturated carbocycles. The molecule has 1 atom stereocenters. The lowest BCUT2D eigenvalue weighted by molar-refractivity contribution is -0.124. The molecule has 0 aromatic carbocycles. The van der Waals surface area contributed by atoms with Gasteiger partial charge in [0.1, 0.15) is 5.92 Å². The fourth-order valence-electron chi connectivity index (χ4n) is 1.36. The molecule has 5 nitrogen and oxygen atoms in total. The van der Waals surface area contributed by atoms with Gasteiger partial charge in [-0.1, -0.05) is 12.2 Å². The number of allylic oxidation sites excluding steroid dienone is 3. The van der Waals surface area contributed by atoms with Gasteiger partial charge < -0.3 is 5.41 Å². The van der Waals surface area contributed by atoms with Crippen LogP contribution in [0.25, 0.3) is 0 Å². The monoisotopic (exact) mass is 214 g/mol. The molecule has 0 spiro atoms. The molecule has 1 aliphatic carbocycles. The van der Waals surface area contributed by atoms with Crippen molar-refractivity contribution in [2.24, 2.45) is 5.92 Å². The summed E-state index contributed by atoms with van der Waals surface area (Å²) in [7, 11) is 0. The number of rotatable bonds is 0. The Morgan fingerprint density at radius 3 is 2.64 bits per heavy atom. The quantitative estimate of drug-likeness (QED) is 0.492. The van der Waals surface area contributed by atoms with E-state index >= 15 is 0 Å². The van der Waals surface area contributed by atoms with E-state index in [1.165, 1.54) is 6.08 Å². The smallest absolute Gasteiger partial charge is 0.255 e. The highest BCUT2D eigenvalue weighted by atomic mass is 35.5. The number of imide groups is 1. The molecule has 2 aliphatic rings. The Morgan fingerprint density at radius 2 is 2.07 bits per heavy atom. The third kappa shape index (κ3) is 1.59. The predicted octanol–water partition coefficient (Wildman–Crippen LogP) is -0.0925. The zero-order valence-electron chi connectivity index (χ0n) is 6.95. The molecule has 1 unspecified atom stereocenters. The van der Waals surface area contributed by atoms with Gasteiger partial charge in [-0.3, -0.25) is 19.6 Å². The van der Waals surface area contributed by atoms with Gasteiger partial charge in [-0.2, -0.15) is 0 Å². The lowest BCUT2D eigenvalue weighted by Crippen LogP contribution is -2.25. The largest absolute Gasteiger partial charge is 0.304 e. The molecule has 6 heteroatoms. The Labute approximate surface area is 84.7 Å². The summed E-state index contributed by atoms with van der Waals surface area (Å²) in [5, 5.41) is 9.56. The topological polar surface area (TPSA) is 90.3 Å². The SMILES string of the molecule is N=C1C=CC=C2C(=O)NC(=O)C12.OCl. The van der Waals surface area contributed by atoms with Crippen molar-refractivity contribution >= 4 is 29.4 Å². The lowest BCUT2D eigenvalue weighted by Gasteiger charge is -2.08. The number of amides is 2. The highest BCUT2D eigenvalue weighted by Crippen LogP contribution is 2.22. The van der Waals surface area contributed by atoms with E-state index in [2.05, 4.69) is 17.2 Å². The summed E-state index contributed by atoms with van der Waals surface area (Å²) in [6.07, 6.45) is 4.70. The minimum absolute atomic E-state index is 0.177. The minimum Gasteiger partial charge on any atom is -0.304 e. The van der Waals surface area contributed by atoms with Crippen molar-refractivity contribution in [3.05, 3.63) is 23.8 Å². The van der Waals surface area contributed by atoms with E-state index in [0.29, 0.717) is 5.57 Å². The van der Waals surface area contributed by atoms with Crippen molar-refractivity contribution in [2.75, 3.05) is 0 Å². The fourth-order valence-corrected chi connectivity index (χ4v) is 1.36. The Hall–Kier alpha value is -1.46. The van der Waals surface area contributed by atoms with E-state index in [9.17, 15) is 9.59 Å². The maximum absolute atomic E-state index is 11.1. The summed E-state index contributed by atoms with van der Waals surface area (Å²) in [6.45, 7) is 0. The van der Waals surface area contributed by atoms with E-state index in [1.54, 1.807) is 12.2 Å². The molecule has 0 aromatic rings. The minimum atomic E-state index is -0.664. The molecule has 0 bridgehead atoms. The molecule has 14 heavy (non-hydrogen) atoms. The fraction of sp³-hybridized carbons (Fsp3) is 0.125. The first-order valence-corrected chi connectivity index (χ1v) is 4.03. The maximum atomic E-state index is 11.1. The zero-order valence-corrected chi connectivity index (χ0v) is 7.71. The van der Waals surface area contributed by atoms with Crippen LogP contribution in [0, 0.1) is 11.3 Å². The normalized spacial score (nSPS) is 23.4. The van der Waals surface area contributed by atoms with E-state index in [0.717, 1.165) is 0 Å². The van der Waals surface area contributed by atoms with Gasteiger partial charge in [0, 0.05) is 11.3 Å². The Morgan fingerprint density at radius 1 is 1.43 bits per heavy atom. The Kier molecular flexibility index (Phi) is 3.16. The summed E-state index contributed by atoms with van der Waals surface area (Å²) < 4.78 is 6.47. The number of hydrogen-bond acceptors (Lipinski definition) is 4. The standard InChI is InChI=1S/C8H6N2O2.ClHO/c9-5-3-1-2-4-6(5)8(12)10-7(4)11;1-2/h1-3,6,9H,(H,10,11,12);2H. The summed E-state index contributed by atoms with van der Waals surface area (Å²) >= 11 is 3.64.